The fourth-order valence-corrected chi connectivity index (χ4v) is 2.89. The zero-order chi connectivity index (χ0) is 16.3. The third kappa shape index (κ3) is 3.30. The summed E-state index contributed by atoms with van der Waals surface area (Å²) in [6.07, 6.45) is 2.94. The molecule has 0 bridgehead atoms. The Bertz CT molecular complexity index is 573. The molecule has 120 valence electrons. The van der Waals surface area contributed by atoms with Crippen molar-refractivity contribution >= 4 is 11.9 Å². The molecule has 1 aliphatic rings. The molecule has 2 N–H and O–H groups in total. The van der Waals surface area contributed by atoms with Gasteiger partial charge in [0, 0.05) is 7.11 Å². The molecule has 0 heterocycles. The number of aliphatic carboxylic acids is 1. The Labute approximate surface area is 130 Å². The number of rotatable bonds is 6. The van der Waals surface area contributed by atoms with Gasteiger partial charge in [0.05, 0.1) is 12.0 Å². The van der Waals surface area contributed by atoms with E-state index < -0.39 is 17.6 Å². The van der Waals surface area contributed by atoms with Crippen LogP contribution in [0.1, 0.15) is 48.4 Å². The largest absolute Gasteiger partial charge is 0.479 e. The van der Waals surface area contributed by atoms with Gasteiger partial charge >= 0.3 is 5.97 Å². The van der Waals surface area contributed by atoms with Gasteiger partial charge in [-0.2, -0.15) is 0 Å². The van der Waals surface area contributed by atoms with Gasteiger partial charge in [-0.05, 0) is 49.8 Å². The fraction of sp³-hybridized carbons (Fsp3) is 0.529. The van der Waals surface area contributed by atoms with Crippen LogP contribution in [0.3, 0.4) is 0 Å². The summed E-state index contributed by atoms with van der Waals surface area (Å²) >= 11 is 0. The highest BCUT2D eigenvalue weighted by Gasteiger charge is 2.39. The quantitative estimate of drug-likeness (QED) is 0.846. The number of nitrogens with one attached hydrogen (secondary N) is 1. The van der Waals surface area contributed by atoms with Crippen LogP contribution in [0.2, 0.25) is 0 Å². The molecule has 0 spiro atoms. The first kappa shape index (κ1) is 16.5. The van der Waals surface area contributed by atoms with Gasteiger partial charge in [-0.1, -0.05) is 18.2 Å². The van der Waals surface area contributed by atoms with Gasteiger partial charge < -0.3 is 15.2 Å². The summed E-state index contributed by atoms with van der Waals surface area (Å²) in [4.78, 5) is 23.8. The van der Waals surface area contributed by atoms with Crippen LogP contribution in [-0.2, 0) is 14.3 Å². The topological polar surface area (TPSA) is 75.6 Å². The standard InChI is InChI=1S/C17H23NO4/c1-11-6-4-7-13(12(11)2)15(16(20)21)18-14(19)10-17(22-3)8-5-9-17/h4,6-7,15H,5,8-10H2,1-3H3,(H,18,19)(H,20,21). The molecule has 1 atom stereocenters. The third-order valence-electron chi connectivity index (χ3n) is 4.69. The van der Waals surface area contributed by atoms with Crippen molar-refractivity contribution in [2.24, 2.45) is 0 Å². The summed E-state index contributed by atoms with van der Waals surface area (Å²) in [5.74, 6) is -1.34. The van der Waals surface area contributed by atoms with Crippen LogP contribution in [0.4, 0.5) is 0 Å². The van der Waals surface area contributed by atoms with Gasteiger partial charge in [0.25, 0.3) is 0 Å². The highest BCUT2D eigenvalue weighted by Crippen LogP contribution is 2.38. The number of carbonyl (C=O) groups is 2. The lowest BCUT2D eigenvalue weighted by atomic mass is 9.77. The van der Waals surface area contributed by atoms with Gasteiger partial charge in [0.1, 0.15) is 0 Å². The summed E-state index contributed by atoms with van der Waals surface area (Å²) in [6.45, 7) is 3.79. The molecule has 2 rings (SSSR count). The van der Waals surface area contributed by atoms with Gasteiger partial charge in [-0.15, -0.1) is 0 Å². The number of benzene rings is 1. The molecular formula is C17H23NO4. The first-order valence-corrected chi connectivity index (χ1v) is 7.52. The van der Waals surface area contributed by atoms with E-state index in [4.69, 9.17) is 4.74 Å². The number of carboxylic acids is 1. The van der Waals surface area contributed by atoms with E-state index in [0.717, 1.165) is 30.4 Å². The Kier molecular flexibility index (Phi) is 4.86. The maximum absolute atomic E-state index is 12.2. The zero-order valence-corrected chi connectivity index (χ0v) is 13.3. The number of ether oxygens (including phenoxy) is 1. The Morgan fingerprint density at radius 3 is 2.55 bits per heavy atom. The average Bonchev–Trinajstić information content (AvgIpc) is 2.43. The second-order valence-electron chi connectivity index (χ2n) is 6.05. The molecule has 0 aromatic heterocycles. The van der Waals surface area contributed by atoms with Gasteiger partial charge in [-0.25, -0.2) is 4.79 Å². The second-order valence-corrected chi connectivity index (χ2v) is 6.05. The molecule has 1 aromatic carbocycles. The van der Waals surface area contributed by atoms with E-state index in [9.17, 15) is 14.7 Å². The molecule has 0 aliphatic heterocycles. The normalized spacial score (nSPS) is 17.4. The van der Waals surface area contributed by atoms with Crippen LogP contribution in [0, 0.1) is 13.8 Å². The molecule has 0 saturated heterocycles. The number of methoxy groups -OCH3 is 1. The highest BCUT2D eigenvalue weighted by atomic mass is 16.5. The number of hydrogen-bond acceptors (Lipinski definition) is 3. The van der Waals surface area contributed by atoms with E-state index in [1.807, 2.05) is 26.0 Å². The minimum atomic E-state index is -1.05. The van der Waals surface area contributed by atoms with Crippen LogP contribution >= 0.6 is 0 Å². The van der Waals surface area contributed by atoms with Gasteiger partial charge in [-0.3, -0.25) is 4.79 Å². The Morgan fingerprint density at radius 2 is 2.05 bits per heavy atom. The van der Waals surface area contributed by atoms with Crippen molar-refractivity contribution < 1.29 is 19.4 Å². The number of carbonyl (C=O) groups excluding carboxylic acids is 1. The Hall–Kier alpha value is -1.88. The number of hydrogen-bond donors (Lipinski definition) is 2. The Balaban J connectivity index is 2.14. The molecule has 1 saturated carbocycles. The van der Waals surface area contributed by atoms with Crippen LogP contribution in [0.25, 0.3) is 0 Å². The predicted octanol–water partition coefficient (Wildman–Crippen LogP) is 2.50. The SMILES string of the molecule is COC1(CC(=O)NC(C(=O)O)c2cccc(C)c2C)CCC1. The smallest absolute Gasteiger partial charge is 0.330 e. The van der Waals surface area contributed by atoms with Crippen LogP contribution in [-0.4, -0.2) is 29.7 Å². The van der Waals surface area contributed by atoms with Crippen LogP contribution in [0.5, 0.6) is 0 Å². The summed E-state index contributed by atoms with van der Waals surface area (Å²) < 4.78 is 5.43. The van der Waals surface area contributed by atoms with Crippen molar-refractivity contribution in [3.05, 3.63) is 34.9 Å². The Morgan fingerprint density at radius 1 is 1.36 bits per heavy atom. The van der Waals surface area contributed by atoms with Crippen LogP contribution in [0.15, 0.2) is 18.2 Å². The molecule has 1 unspecified atom stereocenters. The lowest BCUT2D eigenvalue weighted by Gasteiger charge is -2.40. The molecule has 22 heavy (non-hydrogen) atoms. The van der Waals surface area contributed by atoms with Crippen LogP contribution < -0.4 is 5.32 Å². The highest BCUT2D eigenvalue weighted by molar-refractivity contribution is 5.85. The minimum absolute atomic E-state index is 0.206. The van der Waals surface area contributed by atoms with Crippen molar-refractivity contribution in [2.45, 2.75) is 51.2 Å². The average molecular weight is 305 g/mol. The van der Waals surface area contributed by atoms with Gasteiger partial charge in [0.2, 0.25) is 5.91 Å². The summed E-state index contributed by atoms with van der Waals surface area (Å²) in [5, 5.41) is 12.1. The van der Waals surface area contributed by atoms with E-state index in [0.29, 0.717) is 5.56 Å². The molecule has 5 heteroatoms. The van der Waals surface area contributed by atoms with Crippen molar-refractivity contribution in [2.75, 3.05) is 7.11 Å². The maximum atomic E-state index is 12.2. The van der Waals surface area contributed by atoms with Crippen molar-refractivity contribution in [1.29, 1.82) is 0 Å². The fourth-order valence-electron chi connectivity index (χ4n) is 2.89. The molecule has 0 radical (unpaired) electrons. The monoisotopic (exact) mass is 305 g/mol. The van der Waals surface area contributed by atoms with Crippen molar-refractivity contribution in [3.8, 4) is 0 Å². The first-order valence-electron chi connectivity index (χ1n) is 7.52. The molecular weight excluding hydrogens is 282 g/mol. The molecule has 5 nitrogen and oxygen atoms in total. The number of carboxylic acid groups (broad SMARTS) is 1. The lowest BCUT2D eigenvalue weighted by Crippen LogP contribution is -2.45. The molecule has 1 fully saturated rings. The summed E-state index contributed by atoms with van der Waals surface area (Å²) in [5.41, 5.74) is 2.11. The van der Waals surface area contributed by atoms with E-state index in [1.54, 1.807) is 13.2 Å². The molecule has 1 aliphatic carbocycles. The van der Waals surface area contributed by atoms with Crippen molar-refractivity contribution in [3.63, 3.8) is 0 Å². The van der Waals surface area contributed by atoms with E-state index in [-0.39, 0.29) is 12.3 Å². The van der Waals surface area contributed by atoms with E-state index >= 15 is 0 Å². The number of amides is 1. The predicted molar refractivity (Wildman–Crippen MR) is 82.6 cm³/mol. The first-order chi connectivity index (χ1) is 10.4. The number of aryl methyl sites for hydroxylation is 1. The lowest BCUT2D eigenvalue weighted by molar-refractivity contribution is -0.145. The minimum Gasteiger partial charge on any atom is -0.479 e. The molecule has 1 aromatic rings. The van der Waals surface area contributed by atoms with E-state index in [1.165, 1.54) is 0 Å². The van der Waals surface area contributed by atoms with Crippen molar-refractivity contribution in [1.82, 2.24) is 5.32 Å². The van der Waals surface area contributed by atoms with Gasteiger partial charge in [0.15, 0.2) is 6.04 Å². The zero-order valence-electron chi connectivity index (χ0n) is 13.3. The molecule has 1 amide bonds. The summed E-state index contributed by atoms with van der Waals surface area (Å²) in [6, 6.07) is 4.45. The van der Waals surface area contributed by atoms with E-state index in [2.05, 4.69) is 5.32 Å². The summed E-state index contributed by atoms with van der Waals surface area (Å²) in [7, 11) is 1.60. The second kappa shape index (κ2) is 6.48. The maximum Gasteiger partial charge on any atom is 0.330 e. The third-order valence-corrected chi connectivity index (χ3v) is 4.69.